The summed E-state index contributed by atoms with van der Waals surface area (Å²) in [7, 11) is 0. The minimum Gasteiger partial charge on any atom is -0.506 e. The van der Waals surface area contributed by atoms with Gasteiger partial charge in [-0.25, -0.2) is 9.59 Å². The molecule has 3 fully saturated rings. The van der Waals surface area contributed by atoms with Crippen molar-refractivity contribution in [2.75, 3.05) is 57.7 Å². The first-order valence-corrected chi connectivity index (χ1v) is 17.6. The van der Waals surface area contributed by atoms with E-state index in [0.29, 0.717) is 43.8 Å². The second-order valence-corrected chi connectivity index (χ2v) is 14.0. The number of likely N-dealkylation sites (tertiary alicyclic amines) is 1. The maximum Gasteiger partial charge on any atom is 0.420 e. The topological polar surface area (TPSA) is 124 Å². The first kappa shape index (κ1) is 36.1. The second kappa shape index (κ2) is 14.8. The zero-order valence-corrected chi connectivity index (χ0v) is 28.7. The normalized spacial score (nSPS) is 23.1. The first-order chi connectivity index (χ1) is 23.9. The van der Waals surface area contributed by atoms with Crippen LogP contribution in [0, 0.1) is 5.92 Å². The van der Waals surface area contributed by atoms with Crippen LogP contribution in [0.2, 0.25) is 5.02 Å². The van der Waals surface area contributed by atoms with Gasteiger partial charge in [-0.1, -0.05) is 43.1 Å². The van der Waals surface area contributed by atoms with E-state index in [9.17, 15) is 32.7 Å². The van der Waals surface area contributed by atoms with E-state index in [1.807, 2.05) is 12.1 Å². The monoisotopic (exact) mass is 721 g/mol. The minimum absolute atomic E-state index is 0.0172. The number of nitrogens with zero attached hydrogens (tertiary/aromatic N) is 3. The van der Waals surface area contributed by atoms with E-state index in [-0.39, 0.29) is 37.9 Å². The van der Waals surface area contributed by atoms with Crippen molar-refractivity contribution in [3.8, 4) is 5.75 Å². The van der Waals surface area contributed by atoms with Crippen molar-refractivity contribution in [3.63, 3.8) is 0 Å². The second-order valence-electron chi connectivity index (χ2n) is 13.6. The number of fused-ring (bicyclic) bond motifs is 2. The summed E-state index contributed by atoms with van der Waals surface area (Å²) in [5.41, 5.74) is -0.861. The maximum atomic E-state index is 14.1. The summed E-state index contributed by atoms with van der Waals surface area (Å²) in [6.45, 7) is 6.32. The molecule has 4 aliphatic heterocycles. The van der Waals surface area contributed by atoms with Gasteiger partial charge in [0, 0.05) is 76.7 Å². The average molecular weight is 722 g/mol. The molecule has 0 aromatic heterocycles. The molecule has 3 amide bonds. The highest BCUT2D eigenvalue weighted by Gasteiger charge is 2.46. The van der Waals surface area contributed by atoms with Gasteiger partial charge in [0.25, 0.3) is 5.91 Å². The fourth-order valence-corrected chi connectivity index (χ4v) is 8.11. The summed E-state index contributed by atoms with van der Waals surface area (Å²) in [4.78, 5) is 45.4. The fourth-order valence-electron chi connectivity index (χ4n) is 7.87. The Balaban J connectivity index is 1.18. The Hall–Kier alpha value is -3.75. The van der Waals surface area contributed by atoms with Crippen LogP contribution < -0.4 is 10.6 Å². The highest BCUT2D eigenvalue weighted by Crippen LogP contribution is 2.44. The van der Waals surface area contributed by atoms with Gasteiger partial charge in [-0.05, 0) is 49.1 Å². The molecule has 4 heterocycles. The SMILES string of the molecule is CCCC1CCNCC1N1CCN(C(=O)[C@@H](Cc2cc(Cl)c(O)c(C(F)(F)F)c2)OC(=O)N2CCC3(CC2)OC(=O)Nc2ccccc23)CC1. The molecule has 3 N–H and O–H groups in total. The Morgan fingerprint density at radius 3 is 2.52 bits per heavy atom. The average Bonchev–Trinajstić information content (AvgIpc) is 3.09. The predicted molar refractivity (Wildman–Crippen MR) is 179 cm³/mol. The van der Waals surface area contributed by atoms with E-state index in [4.69, 9.17) is 21.1 Å². The molecule has 0 aliphatic carbocycles. The largest absolute Gasteiger partial charge is 0.506 e. The molecule has 272 valence electrons. The summed E-state index contributed by atoms with van der Waals surface area (Å²) in [5, 5.41) is 15.7. The molecule has 2 aromatic carbocycles. The number of para-hydroxylation sites is 1. The predicted octanol–water partition coefficient (Wildman–Crippen LogP) is 5.59. The Kier molecular flexibility index (Phi) is 10.7. The number of aromatic hydroxyl groups is 1. The number of piperidine rings is 2. The molecule has 6 rings (SSSR count). The Morgan fingerprint density at radius 2 is 1.82 bits per heavy atom. The van der Waals surface area contributed by atoms with E-state index < -0.39 is 52.3 Å². The lowest BCUT2D eigenvalue weighted by molar-refractivity contribution is -0.143. The number of rotatable bonds is 7. The summed E-state index contributed by atoms with van der Waals surface area (Å²) in [6.07, 6.45) is -4.25. The highest BCUT2D eigenvalue weighted by molar-refractivity contribution is 6.32. The summed E-state index contributed by atoms with van der Waals surface area (Å²) < 4.78 is 52.8. The number of piperazine rings is 1. The Bertz CT molecular complexity index is 1580. The van der Waals surface area contributed by atoms with Crippen LogP contribution >= 0.6 is 11.6 Å². The zero-order valence-electron chi connectivity index (χ0n) is 27.9. The maximum absolute atomic E-state index is 14.1. The lowest BCUT2D eigenvalue weighted by atomic mass is 9.82. The van der Waals surface area contributed by atoms with Gasteiger partial charge in [0.1, 0.15) is 11.4 Å². The molecule has 3 saturated heterocycles. The van der Waals surface area contributed by atoms with Crippen molar-refractivity contribution >= 4 is 35.4 Å². The number of carbonyl (C=O) groups excluding carboxylic acids is 3. The van der Waals surface area contributed by atoms with Crippen LogP contribution in [0.25, 0.3) is 0 Å². The molecule has 11 nitrogen and oxygen atoms in total. The summed E-state index contributed by atoms with van der Waals surface area (Å²) in [5.74, 6) is -1.07. The summed E-state index contributed by atoms with van der Waals surface area (Å²) in [6, 6.07) is 9.52. The van der Waals surface area contributed by atoms with Gasteiger partial charge in [-0.2, -0.15) is 13.2 Å². The van der Waals surface area contributed by atoms with Crippen LogP contribution in [0.1, 0.15) is 55.7 Å². The molecule has 0 saturated carbocycles. The number of anilines is 1. The van der Waals surface area contributed by atoms with Crippen LogP contribution in [0.3, 0.4) is 0 Å². The van der Waals surface area contributed by atoms with Gasteiger partial charge in [0.05, 0.1) is 16.3 Å². The Labute approximate surface area is 294 Å². The number of halogens is 4. The van der Waals surface area contributed by atoms with Crippen molar-refractivity contribution in [3.05, 3.63) is 58.1 Å². The highest BCUT2D eigenvalue weighted by atomic mass is 35.5. The van der Waals surface area contributed by atoms with Gasteiger partial charge in [0.2, 0.25) is 0 Å². The van der Waals surface area contributed by atoms with E-state index >= 15 is 0 Å². The number of nitrogens with one attached hydrogen (secondary N) is 2. The van der Waals surface area contributed by atoms with Gasteiger partial charge < -0.3 is 29.7 Å². The molecule has 50 heavy (non-hydrogen) atoms. The van der Waals surface area contributed by atoms with Crippen LogP contribution in [0.5, 0.6) is 5.75 Å². The lowest BCUT2D eigenvalue weighted by Crippen LogP contribution is -2.59. The fraction of sp³-hybridized carbons (Fsp3) is 0.571. The zero-order chi connectivity index (χ0) is 35.6. The van der Waals surface area contributed by atoms with Crippen molar-refractivity contribution in [2.45, 2.75) is 69.4 Å². The molecule has 2 aromatic rings. The lowest BCUT2D eigenvalue weighted by Gasteiger charge is -2.45. The number of benzene rings is 2. The van der Waals surface area contributed by atoms with Crippen molar-refractivity contribution in [1.82, 2.24) is 20.0 Å². The van der Waals surface area contributed by atoms with Crippen LogP contribution in [-0.4, -0.2) is 102 Å². The number of phenols is 1. The molecular weight excluding hydrogens is 679 g/mol. The standard InChI is InChI=1S/C35H43ClF3N5O6/c1-2-5-23-8-11-40-21-28(23)42-14-16-43(17-15-42)31(46)29(20-22-18-25(35(37,38)39)30(45)26(36)19-22)49-33(48)44-12-9-34(10-13-44)24-6-3-4-7-27(24)41-32(47)50-34/h3-4,6-7,18-19,23,28-29,40,45H,2,5,8-17,20-21H2,1H3,(H,41,47)/t23?,28?,29-/m1/s1. The van der Waals surface area contributed by atoms with Crippen LogP contribution in [0.15, 0.2) is 36.4 Å². The van der Waals surface area contributed by atoms with Gasteiger partial charge >= 0.3 is 18.4 Å². The molecule has 15 heteroatoms. The number of hydrogen-bond acceptors (Lipinski definition) is 8. The van der Waals surface area contributed by atoms with E-state index in [2.05, 4.69) is 22.5 Å². The van der Waals surface area contributed by atoms with E-state index in [1.54, 1.807) is 17.0 Å². The third-order valence-electron chi connectivity index (χ3n) is 10.5. The molecule has 4 aliphatic rings. The smallest absolute Gasteiger partial charge is 0.420 e. The van der Waals surface area contributed by atoms with Crippen molar-refractivity contribution in [2.24, 2.45) is 5.92 Å². The van der Waals surface area contributed by atoms with Crippen molar-refractivity contribution in [1.29, 1.82) is 0 Å². The third-order valence-corrected chi connectivity index (χ3v) is 10.8. The molecule has 3 atom stereocenters. The van der Waals surface area contributed by atoms with Crippen LogP contribution in [0.4, 0.5) is 28.4 Å². The van der Waals surface area contributed by atoms with Gasteiger partial charge in [0.15, 0.2) is 6.10 Å². The minimum atomic E-state index is -4.90. The number of amides is 3. The number of alkyl halides is 3. The molecule has 0 bridgehead atoms. The Morgan fingerprint density at radius 1 is 1.10 bits per heavy atom. The molecule has 1 spiro atoms. The van der Waals surface area contributed by atoms with E-state index in [1.165, 1.54) is 4.90 Å². The number of carbonyl (C=O) groups is 3. The quantitative estimate of drug-likeness (QED) is 0.339. The van der Waals surface area contributed by atoms with Gasteiger partial charge in [-0.3, -0.25) is 15.0 Å². The number of ether oxygens (including phenoxy) is 2. The number of phenolic OH excluding ortho intramolecular Hbond substituents is 1. The van der Waals surface area contributed by atoms with Crippen LogP contribution in [-0.2, 0) is 32.5 Å². The first-order valence-electron chi connectivity index (χ1n) is 17.3. The molecule has 0 radical (unpaired) electrons. The van der Waals surface area contributed by atoms with Crippen molar-refractivity contribution < 1.29 is 42.1 Å². The summed E-state index contributed by atoms with van der Waals surface area (Å²) >= 11 is 5.99. The number of hydrogen-bond donors (Lipinski definition) is 3. The molecular formula is C35H43ClF3N5O6. The van der Waals surface area contributed by atoms with E-state index in [0.717, 1.165) is 50.0 Å². The third kappa shape index (κ3) is 7.62. The van der Waals surface area contributed by atoms with Gasteiger partial charge in [-0.15, -0.1) is 0 Å². The molecule has 2 unspecified atom stereocenters.